The number of carbonyl (C=O) groups excluding carboxylic acids is 2. The van der Waals surface area contributed by atoms with Crippen LogP contribution in [0, 0.1) is 11.8 Å². The van der Waals surface area contributed by atoms with E-state index in [0.29, 0.717) is 25.5 Å². The SMILES string of the molecule is COC[C@@H]1CC[C@H](C(=O)NC2CCN(c3cnn(C)c3)C2=O)C1. The number of hydrogen-bond acceptors (Lipinski definition) is 4. The smallest absolute Gasteiger partial charge is 0.249 e. The van der Waals surface area contributed by atoms with Gasteiger partial charge in [0, 0.05) is 39.4 Å². The fourth-order valence-corrected chi connectivity index (χ4v) is 3.61. The summed E-state index contributed by atoms with van der Waals surface area (Å²) in [7, 11) is 3.51. The summed E-state index contributed by atoms with van der Waals surface area (Å²) in [6.45, 7) is 1.33. The minimum Gasteiger partial charge on any atom is -0.384 e. The number of rotatable bonds is 5. The first-order valence-electron chi connectivity index (χ1n) is 8.18. The highest BCUT2D eigenvalue weighted by molar-refractivity contribution is 6.01. The molecule has 126 valence electrons. The Bertz CT molecular complexity index is 586. The van der Waals surface area contributed by atoms with Crippen LogP contribution in [0.2, 0.25) is 0 Å². The van der Waals surface area contributed by atoms with Gasteiger partial charge in [0.2, 0.25) is 11.8 Å². The third kappa shape index (κ3) is 3.39. The molecule has 1 unspecified atom stereocenters. The fourth-order valence-electron chi connectivity index (χ4n) is 3.61. The van der Waals surface area contributed by atoms with Gasteiger partial charge < -0.3 is 15.0 Å². The number of anilines is 1. The van der Waals surface area contributed by atoms with Gasteiger partial charge in [-0.3, -0.25) is 14.3 Å². The van der Waals surface area contributed by atoms with E-state index in [-0.39, 0.29) is 17.7 Å². The molecule has 0 radical (unpaired) electrons. The molecule has 1 N–H and O–H groups in total. The predicted octanol–water partition coefficient (Wildman–Crippen LogP) is 0.704. The highest BCUT2D eigenvalue weighted by atomic mass is 16.5. The Morgan fingerprint density at radius 3 is 2.96 bits per heavy atom. The minimum absolute atomic E-state index is 0.00925. The van der Waals surface area contributed by atoms with E-state index in [9.17, 15) is 9.59 Å². The summed E-state index contributed by atoms with van der Waals surface area (Å²) in [6.07, 6.45) is 6.89. The van der Waals surface area contributed by atoms with Gasteiger partial charge in [-0.2, -0.15) is 5.10 Å². The van der Waals surface area contributed by atoms with Crippen LogP contribution >= 0.6 is 0 Å². The van der Waals surface area contributed by atoms with E-state index in [0.717, 1.165) is 24.9 Å². The van der Waals surface area contributed by atoms with Gasteiger partial charge in [-0.05, 0) is 31.6 Å². The van der Waals surface area contributed by atoms with Crippen molar-refractivity contribution in [3.8, 4) is 0 Å². The van der Waals surface area contributed by atoms with Crippen LogP contribution in [0.1, 0.15) is 25.7 Å². The van der Waals surface area contributed by atoms with Crippen molar-refractivity contribution in [2.45, 2.75) is 31.7 Å². The topological polar surface area (TPSA) is 76.5 Å². The molecular formula is C16H24N4O3. The average Bonchev–Trinajstić information content (AvgIpc) is 3.22. The first-order chi connectivity index (χ1) is 11.1. The highest BCUT2D eigenvalue weighted by Crippen LogP contribution is 2.31. The molecule has 1 saturated carbocycles. The van der Waals surface area contributed by atoms with Crippen LogP contribution in [0.15, 0.2) is 12.4 Å². The molecule has 7 heteroatoms. The third-order valence-corrected chi connectivity index (χ3v) is 4.84. The quantitative estimate of drug-likeness (QED) is 0.866. The van der Waals surface area contributed by atoms with Crippen LogP contribution < -0.4 is 10.2 Å². The van der Waals surface area contributed by atoms with Crippen LogP contribution in [0.4, 0.5) is 5.69 Å². The van der Waals surface area contributed by atoms with Crippen LogP contribution in [0.25, 0.3) is 0 Å². The third-order valence-electron chi connectivity index (χ3n) is 4.84. The number of methoxy groups -OCH3 is 1. The molecule has 2 fully saturated rings. The van der Waals surface area contributed by atoms with Gasteiger partial charge in [-0.15, -0.1) is 0 Å². The van der Waals surface area contributed by atoms with Crippen LogP contribution in [-0.4, -0.2) is 47.9 Å². The van der Waals surface area contributed by atoms with E-state index in [2.05, 4.69) is 10.4 Å². The van der Waals surface area contributed by atoms with Gasteiger partial charge >= 0.3 is 0 Å². The second-order valence-corrected chi connectivity index (χ2v) is 6.54. The summed E-state index contributed by atoms with van der Waals surface area (Å²) < 4.78 is 6.84. The zero-order valence-corrected chi connectivity index (χ0v) is 13.7. The Morgan fingerprint density at radius 2 is 2.26 bits per heavy atom. The lowest BCUT2D eigenvalue weighted by Crippen LogP contribution is -2.43. The lowest BCUT2D eigenvalue weighted by Gasteiger charge is -2.17. The lowest BCUT2D eigenvalue weighted by molar-refractivity contribution is -0.129. The van der Waals surface area contributed by atoms with E-state index in [1.165, 1.54) is 0 Å². The van der Waals surface area contributed by atoms with Crippen molar-refractivity contribution in [2.75, 3.05) is 25.2 Å². The second-order valence-electron chi connectivity index (χ2n) is 6.54. The zero-order chi connectivity index (χ0) is 16.4. The molecule has 1 aliphatic carbocycles. The van der Waals surface area contributed by atoms with Crippen molar-refractivity contribution in [1.29, 1.82) is 0 Å². The van der Waals surface area contributed by atoms with Gasteiger partial charge in [-0.25, -0.2) is 0 Å². The molecule has 2 heterocycles. The second kappa shape index (κ2) is 6.70. The Balaban J connectivity index is 1.55. The number of aromatic nitrogens is 2. The zero-order valence-electron chi connectivity index (χ0n) is 13.7. The number of nitrogens with one attached hydrogen (secondary N) is 1. The first kappa shape index (κ1) is 16.0. The summed E-state index contributed by atoms with van der Waals surface area (Å²) in [5.41, 5.74) is 0.787. The molecule has 3 atom stereocenters. The average molecular weight is 320 g/mol. The van der Waals surface area contributed by atoms with E-state index in [1.54, 1.807) is 22.9 Å². The van der Waals surface area contributed by atoms with Crippen LogP contribution in [0.5, 0.6) is 0 Å². The normalized spacial score (nSPS) is 27.7. The van der Waals surface area contributed by atoms with E-state index in [1.807, 2.05) is 13.2 Å². The summed E-state index contributed by atoms with van der Waals surface area (Å²) in [6, 6.07) is -0.413. The predicted molar refractivity (Wildman–Crippen MR) is 84.8 cm³/mol. The van der Waals surface area contributed by atoms with Crippen molar-refractivity contribution in [3.63, 3.8) is 0 Å². The number of amides is 2. The minimum atomic E-state index is -0.413. The first-order valence-corrected chi connectivity index (χ1v) is 8.18. The molecule has 0 bridgehead atoms. The molecule has 2 amide bonds. The Kier molecular flexibility index (Phi) is 4.66. The van der Waals surface area contributed by atoms with Crippen LogP contribution in [-0.2, 0) is 21.4 Å². The molecule has 0 aromatic carbocycles. The molecule has 23 heavy (non-hydrogen) atoms. The number of hydrogen-bond donors (Lipinski definition) is 1. The lowest BCUT2D eigenvalue weighted by atomic mass is 10.0. The Morgan fingerprint density at radius 1 is 1.43 bits per heavy atom. The van der Waals surface area contributed by atoms with Gasteiger partial charge in [0.1, 0.15) is 6.04 Å². The standard InChI is InChI=1S/C16H24N4O3/c1-19-9-13(8-17-19)20-6-5-14(16(20)22)18-15(21)12-4-3-11(7-12)10-23-2/h8-9,11-12,14H,3-7,10H2,1-2H3,(H,18,21)/t11-,12+,14?/m1/s1. The molecule has 2 aliphatic rings. The maximum atomic E-state index is 12.5. The van der Waals surface area contributed by atoms with E-state index in [4.69, 9.17) is 4.74 Å². The largest absolute Gasteiger partial charge is 0.384 e. The van der Waals surface area contributed by atoms with Crippen molar-refractivity contribution in [1.82, 2.24) is 15.1 Å². The number of ether oxygens (including phenoxy) is 1. The molecule has 7 nitrogen and oxygen atoms in total. The maximum Gasteiger partial charge on any atom is 0.249 e. The number of nitrogens with zero attached hydrogens (tertiary/aromatic N) is 3. The van der Waals surface area contributed by atoms with Crippen molar-refractivity contribution >= 4 is 17.5 Å². The summed E-state index contributed by atoms with van der Waals surface area (Å²) in [4.78, 5) is 26.6. The van der Waals surface area contributed by atoms with Crippen molar-refractivity contribution in [3.05, 3.63) is 12.4 Å². The molecule has 3 rings (SSSR count). The maximum absolute atomic E-state index is 12.5. The summed E-state index contributed by atoms with van der Waals surface area (Å²) in [5.74, 6) is 0.435. The van der Waals surface area contributed by atoms with Crippen molar-refractivity contribution < 1.29 is 14.3 Å². The van der Waals surface area contributed by atoms with Crippen LogP contribution in [0.3, 0.4) is 0 Å². The summed E-state index contributed by atoms with van der Waals surface area (Å²) >= 11 is 0. The molecule has 1 saturated heterocycles. The Hall–Kier alpha value is -1.89. The fraction of sp³-hybridized carbons (Fsp3) is 0.688. The van der Waals surface area contributed by atoms with Gasteiger partial charge in [0.05, 0.1) is 11.9 Å². The molecule has 1 aromatic rings. The van der Waals surface area contributed by atoms with Gasteiger partial charge in [-0.1, -0.05) is 0 Å². The monoisotopic (exact) mass is 320 g/mol. The molecule has 1 aliphatic heterocycles. The molecular weight excluding hydrogens is 296 g/mol. The summed E-state index contributed by atoms with van der Waals surface area (Å²) in [5, 5.41) is 7.04. The van der Waals surface area contributed by atoms with E-state index < -0.39 is 6.04 Å². The van der Waals surface area contributed by atoms with Gasteiger partial charge in [0.15, 0.2) is 0 Å². The Labute approximate surface area is 136 Å². The molecule has 0 spiro atoms. The van der Waals surface area contributed by atoms with Crippen molar-refractivity contribution in [2.24, 2.45) is 18.9 Å². The highest BCUT2D eigenvalue weighted by Gasteiger charge is 2.37. The number of aryl methyl sites for hydroxylation is 1. The van der Waals surface area contributed by atoms with Gasteiger partial charge in [0.25, 0.3) is 0 Å². The number of carbonyl (C=O) groups is 2. The molecule has 1 aromatic heterocycles. The van der Waals surface area contributed by atoms with E-state index >= 15 is 0 Å².